The van der Waals surface area contributed by atoms with Crippen molar-refractivity contribution in [2.75, 3.05) is 5.32 Å². The Bertz CT molecular complexity index is 476. The summed E-state index contributed by atoms with van der Waals surface area (Å²) in [6, 6.07) is 2.09. The largest absolute Gasteiger partial charge is 0.378 e. The maximum atomic E-state index is 4.18. The van der Waals surface area contributed by atoms with Crippen molar-refractivity contribution >= 4 is 5.69 Å². The first-order valence-corrected chi connectivity index (χ1v) is 5.94. The zero-order chi connectivity index (χ0) is 12.1. The average molecular weight is 230 g/mol. The van der Waals surface area contributed by atoms with Crippen LogP contribution in [-0.4, -0.2) is 14.5 Å². The highest BCUT2D eigenvalue weighted by Crippen LogP contribution is 2.09. The Morgan fingerprint density at radius 2 is 2.12 bits per heavy atom. The first-order valence-electron chi connectivity index (χ1n) is 5.94. The van der Waals surface area contributed by atoms with Gasteiger partial charge in [-0.25, -0.2) is 4.98 Å². The molecule has 2 aromatic heterocycles. The van der Waals surface area contributed by atoms with E-state index in [1.165, 1.54) is 5.69 Å². The van der Waals surface area contributed by atoms with Crippen LogP contribution in [0.3, 0.4) is 0 Å². The van der Waals surface area contributed by atoms with Crippen molar-refractivity contribution in [3.05, 3.63) is 42.2 Å². The number of pyridine rings is 1. The van der Waals surface area contributed by atoms with Gasteiger partial charge in [0.1, 0.15) is 0 Å². The third kappa shape index (κ3) is 3.06. The molecule has 0 unspecified atom stereocenters. The molecule has 4 nitrogen and oxygen atoms in total. The van der Waals surface area contributed by atoms with Crippen LogP contribution in [-0.2, 0) is 13.1 Å². The number of nitrogens with one attached hydrogen (secondary N) is 1. The number of hydrogen-bond donors (Lipinski definition) is 1. The molecule has 0 aliphatic heterocycles. The molecule has 2 rings (SSSR count). The van der Waals surface area contributed by atoms with Crippen molar-refractivity contribution in [2.24, 2.45) is 0 Å². The van der Waals surface area contributed by atoms with Crippen molar-refractivity contribution < 1.29 is 0 Å². The number of aryl methyl sites for hydroxylation is 2. The van der Waals surface area contributed by atoms with Gasteiger partial charge in [-0.05, 0) is 25.0 Å². The zero-order valence-electron chi connectivity index (χ0n) is 10.3. The van der Waals surface area contributed by atoms with Gasteiger partial charge >= 0.3 is 0 Å². The van der Waals surface area contributed by atoms with Gasteiger partial charge in [-0.1, -0.05) is 6.92 Å². The lowest BCUT2D eigenvalue weighted by Gasteiger charge is -2.09. The van der Waals surface area contributed by atoms with Gasteiger partial charge in [0, 0.05) is 25.1 Å². The molecule has 0 aromatic carbocycles. The molecular weight excluding hydrogens is 212 g/mol. The van der Waals surface area contributed by atoms with Crippen LogP contribution in [0.4, 0.5) is 5.69 Å². The lowest BCUT2D eigenvalue weighted by atomic mass is 10.3. The number of imidazole rings is 1. The number of anilines is 1. The molecule has 0 atom stereocenters. The molecule has 2 heterocycles. The average Bonchev–Trinajstić information content (AvgIpc) is 2.75. The molecular formula is C13H18N4. The molecule has 1 N–H and O–H groups in total. The summed E-state index contributed by atoms with van der Waals surface area (Å²) in [6.45, 7) is 6.01. The Labute approximate surface area is 102 Å². The number of nitrogens with zero attached hydrogens (tertiary/aromatic N) is 3. The summed E-state index contributed by atoms with van der Waals surface area (Å²) in [5.41, 5.74) is 3.42. The Morgan fingerprint density at radius 3 is 2.88 bits per heavy atom. The minimum atomic E-state index is 0.783. The molecule has 0 aliphatic carbocycles. The van der Waals surface area contributed by atoms with E-state index < -0.39 is 0 Å². The summed E-state index contributed by atoms with van der Waals surface area (Å²) < 4.78 is 2.18. The molecule has 0 bridgehead atoms. The lowest BCUT2D eigenvalue weighted by molar-refractivity contribution is 0.651. The summed E-state index contributed by atoms with van der Waals surface area (Å²) in [6.07, 6.45) is 8.61. The van der Waals surface area contributed by atoms with Crippen molar-refractivity contribution in [2.45, 2.75) is 33.4 Å². The van der Waals surface area contributed by atoms with E-state index in [9.17, 15) is 0 Å². The second kappa shape index (κ2) is 5.48. The van der Waals surface area contributed by atoms with Crippen LogP contribution in [0.25, 0.3) is 0 Å². The van der Waals surface area contributed by atoms with E-state index in [2.05, 4.69) is 32.8 Å². The minimum absolute atomic E-state index is 0.783. The number of aromatic nitrogens is 3. The lowest BCUT2D eigenvalue weighted by Crippen LogP contribution is -2.07. The monoisotopic (exact) mass is 230 g/mol. The molecule has 0 saturated heterocycles. The molecule has 0 fully saturated rings. The third-order valence-corrected chi connectivity index (χ3v) is 2.61. The molecule has 0 spiro atoms. The first-order chi connectivity index (χ1) is 8.29. The van der Waals surface area contributed by atoms with Crippen LogP contribution in [0.5, 0.6) is 0 Å². The summed E-state index contributed by atoms with van der Waals surface area (Å²) in [4.78, 5) is 8.34. The second-order valence-corrected chi connectivity index (χ2v) is 4.18. The fraction of sp³-hybridized carbons (Fsp3) is 0.385. The number of rotatable bonds is 5. The standard InChI is InChI=1S/C13H18N4/c1-3-4-17-10-15-8-13(17)9-16-12-5-11(2)6-14-7-12/h5-8,10,16H,3-4,9H2,1-2H3. The Balaban J connectivity index is 1.99. The quantitative estimate of drug-likeness (QED) is 0.858. The van der Waals surface area contributed by atoms with Gasteiger partial charge in [0.2, 0.25) is 0 Å². The van der Waals surface area contributed by atoms with Crippen LogP contribution in [0.15, 0.2) is 31.0 Å². The van der Waals surface area contributed by atoms with Crippen LogP contribution in [0.1, 0.15) is 24.6 Å². The zero-order valence-corrected chi connectivity index (χ0v) is 10.3. The van der Waals surface area contributed by atoms with E-state index in [1.54, 1.807) is 0 Å². The third-order valence-electron chi connectivity index (χ3n) is 2.61. The van der Waals surface area contributed by atoms with E-state index in [0.717, 1.165) is 30.8 Å². The van der Waals surface area contributed by atoms with Gasteiger partial charge in [-0.15, -0.1) is 0 Å². The molecule has 0 amide bonds. The molecule has 0 saturated carbocycles. The van der Waals surface area contributed by atoms with Crippen molar-refractivity contribution in [3.63, 3.8) is 0 Å². The van der Waals surface area contributed by atoms with Crippen molar-refractivity contribution in [3.8, 4) is 0 Å². The SMILES string of the molecule is CCCn1cncc1CNc1cncc(C)c1. The van der Waals surface area contributed by atoms with E-state index >= 15 is 0 Å². The topological polar surface area (TPSA) is 42.7 Å². The molecule has 0 radical (unpaired) electrons. The maximum absolute atomic E-state index is 4.18. The minimum Gasteiger partial charge on any atom is -0.378 e. The second-order valence-electron chi connectivity index (χ2n) is 4.18. The van der Waals surface area contributed by atoms with Crippen LogP contribution in [0, 0.1) is 6.92 Å². The molecule has 2 aromatic rings. The van der Waals surface area contributed by atoms with Crippen molar-refractivity contribution in [1.29, 1.82) is 0 Å². The Morgan fingerprint density at radius 1 is 1.24 bits per heavy atom. The smallest absolute Gasteiger partial charge is 0.0948 e. The summed E-state index contributed by atoms with van der Waals surface area (Å²) >= 11 is 0. The van der Waals surface area contributed by atoms with Crippen LogP contribution >= 0.6 is 0 Å². The Hall–Kier alpha value is -1.84. The molecule has 4 heteroatoms. The van der Waals surface area contributed by atoms with E-state index in [0.29, 0.717) is 0 Å². The normalized spacial score (nSPS) is 10.5. The van der Waals surface area contributed by atoms with Gasteiger partial charge in [-0.3, -0.25) is 4.98 Å². The van der Waals surface area contributed by atoms with E-state index in [1.807, 2.05) is 31.8 Å². The van der Waals surface area contributed by atoms with E-state index in [4.69, 9.17) is 0 Å². The summed E-state index contributed by atoms with van der Waals surface area (Å²) in [7, 11) is 0. The molecule has 17 heavy (non-hydrogen) atoms. The fourth-order valence-corrected chi connectivity index (χ4v) is 1.78. The van der Waals surface area contributed by atoms with Gasteiger partial charge < -0.3 is 9.88 Å². The predicted molar refractivity (Wildman–Crippen MR) is 68.8 cm³/mol. The summed E-state index contributed by atoms with van der Waals surface area (Å²) in [5.74, 6) is 0. The van der Waals surface area contributed by atoms with Gasteiger partial charge in [0.05, 0.1) is 24.3 Å². The molecule has 90 valence electrons. The van der Waals surface area contributed by atoms with Gasteiger partial charge in [0.15, 0.2) is 0 Å². The highest BCUT2D eigenvalue weighted by atomic mass is 15.1. The van der Waals surface area contributed by atoms with Crippen LogP contribution < -0.4 is 5.32 Å². The van der Waals surface area contributed by atoms with Gasteiger partial charge in [-0.2, -0.15) is 0 Å². The first kappa shape index (κ1) is 11.6. The number of hydrogen-bond acceptors (Lipinski definition) is 3. The predicted octanol–water partition coefficient (Wildman–Crippen LogP) is 2.61. The van der Waals surface area contributed by atoms with Gasteiger partial charge in [0.25, 0.3) is 0 Å². The Kier molecular flexibility index (Phi) is 3.75. The highest BCUT2D eigenvalue weighted by molar-refractivity contribution is 5.42. The fourth-order valence-electron chi connectivity index (χ4n) is 1.78. The van der Waals surface area contributed by atoms with E-state index in [-0.39, 0.29) is 0 Å². The highest BCUT2D eigenvalue weighted by Gasteiger charge is 2.01. The van der Waals surface area contributed by atoms with Crippen LogP contribution in [0.2, 0.25) is 0 Å². The molecule has 0 aliphatic rings. The van der Waals surface area contributed by atoms with Crippen molar-refractivity contribution in [1.82, 2.24) is 14.5 Å². The summed E-state index contributed by atoms with van der Waals surface area (Å²) in [5, 5.41) is 3.36. The maximum Gasteiger partial charge on any atom is 0.0948 e.